The van der Waals surface area contributed by atoms with E-state index in [9.17, 15) is 0 Å². The lowest BCUT2D eigenvalue weighted by Gasteiger charge is -2.38. The van der Waals surface area contributed by atoms with E-state index in [1.165, 1.54) is 5.56 Å². The Morgan fingerprint density at radius 1 is 1.21 bits per heavy atom. The van der Waals surface area contributed by atoms with Crippen LogP contribution in [-0.4, -0.2) is 25.5 Å². The summed E-state index contributed by atoms with van der Waals surface area (Å²) in [5.41, 5.74) is 7.20. The predicted octanol–water partition coefficient (Wildman–Crippen LogP) is 1.81. The van der Waals surface area contributed by atoms with Crippen LogP contribution in [0.3, 0.4) is 0 Å². The van der Waals surface area contributed by atoms with Gasteiger partial charge in [-0.05, 0) is 26.1 Å². The van der Waals surface area contributed by atoms with Gasteiger partial charge in [0.2, 0.25) is 0 Å². The van der Waals surface area contributed by atoms with Gasteiger partial charge in [-0.15, -0.1) is 0 Å². The molecule has 0 saturated carbocycles. The number of likely N-dealkylation sites (N-methyl/N-ethyl adjacent to an activating group) is 1. The van der Waals surface area contributed by atoms with Crippen LogP contribution in [0.2, 0.25) is 0 Å². The van der Waals surface area contributed by atoms with Crippen LogP contribution < -0.4 is 5.73 Å². The molecule has 0 aliphatic carbocycles. The summed E-state index contributed by atoms with van der Waals surface area (Å²) in [5.74, 6) is 0. The Labute approximate surface area is 86.7 Å². The average molecular weight is 192 g/mol. The first-order valence-corrected chi connectivity index (χ1v) is 5.10. The second-order valence-electron chi connectivity index (χ2n) is 3.85. The van der Waals surface area contributed by atoms with E-state index in [-0.39, 0.29) is 5.54 Å². The largest absolute Gasteiger partial charge is 0.328 e. The summed E-state index contributed by atoms with van der Waals surface area (Å²) >= 11 is 0. The fourth-order valence-electron chi connectivity index (χ4n) is 1.97. The van der Waals surface area contributed by atoms with Gasteiger partial charge in [0, 0.05) is 6.54 Å². The van der Waals surface area contributed by atoms with Gasteiger partial charge in [-0.3, -0.25) is 4.90 Å². The van der Waals surface area contributed by atoms with Gasteiger partial charge in [0.15, 0.2) is 0 Å². The van der Waals surface area contributed by atoms with Crippen molar-refractivity contribution in [1.82, 2.24) is 4.90 Å². The normalized spacial score (nSPS) is 15.5. The molecule has 1 atom stereocenters. The Kier molecular flexibility index (Phi) is 3.67. The van der Waals surface area contributed by atoms with Crippen molar-refractivity contribution in [2.24, 2.45) is 5.73 Å². The summed E-state index contributed by atoms with van der Waals surface area (Å²) in [6, 6.07) is 10.5. The highest BCUT2D eigenvalue weighted by Crippen LogP contribution is 2.28. The molecule has 2 heteroatoms. The van der Waals surface area contributed by atoms with Crippen molar-refractivity contribution in [1.29, 1.82) is 0 Å². The highest BCUT2D eigenvalue weighted by Gasteiger charge is 2.30. The molecule has 0 aliphatic heterocycles. The van der Waals surface area contributed by atoms with Crippen molar-refractivity contribution < 1.29 is 0 Å². The minimum atomic E-state index is -0.0126. The smallest absolute Gasteiger partial charge is 0.0576 e. The van der Waals surface area contributed by atoms with Crippen LogP contribution in [0.15, 0.2) is 30.3 Å². The van der Waals surface area contributed by atoms with E-state index in [0.29, 0.717) is 6.54 Å². The second kappa shape index (κ2) is 4.58. The molecule has 1 unspecified atom stereocenters. The van der Waals surface area contributed by atoms with Crippen LogP contribution in [0.4, 0.5) is 0 Å². The molecule has 0 aromatic heterocycles. The molecule has 1 rings (SSSR count). The van der Waals surface area contributed by atoms with Crippen molar-refractivity contribution in [2.75, 3.05) is 20.6 Å². The molecule has 2 nitrogen and oxygen atoms in total. The second-order valence-corrected chi connectivity index (χ2v) is 3.85. The quantitative estimate of drug-likeness (QED) is 0.788. The molecule has 0 saturated heterocycles. The van der Waals surface area contributed by atoms with Crippen LogP contribution in [0.1, 0.15) is 18.9 Å². The Balaban J connectivity index is 3.11. The van der Waals surface area contributed by atoms with Crippen LogP contribution >= 0.6 is 0 Å². The van der Waals surface area contributed by atoms with Crippen molar-refractivity contribution in [3.05, 3.63) is 35.9 Å². The molecule has 1 aromatic carbocycles. The fourth-order valence-corrected chi connectivity index (χ4v) is 1.97. The van der Waals surface area contributed by atoms with Gasteiger partial charge >= 0.3 is 0 Å². The maximum atomic E-state index is 5.91. The van der Waals surface area contributed by atoms with E-state index in [2.05, 4.69) is 50.2 Å². The molecule has 0 bridgehead atoms. The molecule has 0 radical (unpaired) electrons. The van der Waals surface area contributed by atoms with E-state index in [4.69, 9.17) is 5.73 Å². The Bertz CT molecular complexity index is 263. The molecule has 0 spiro atoms. The summed E-state index contributed by atoms with van der Waals surface area (Å²) in [6.45, 7) is 2.83. The van der Waals surface area contributed by atoms with Crippen LogP contribution in [0.5, 0.6) is 0 Å². The van der Waals surface area contributed by atoms with E-state index in [1.807, 2.05) is 6.07 Å². The molecule has 0 amide bonds. The number of nitrogens with two attached hydrogens (primary N) is 1. The van der Waals surface area contributed by atoms with E-state index < -0.39 is 0 Å². The third-order valence-electron chi connectivity index (χ3n) is 3.09. The van der Waals surface area contributed by atoms with E-state index in [0.717, 1.165) is 6.42 Å². The summed E-state index contributed by atoms with van der Waals surface area (Å²) in [4.78, 5) is 2.21. The number of hydrogen-bond acceptors (Lipinski definition) is 2. The van der Waals surface area contributed by atoms with Gasteiger partial charge in [0.1, 0.15) is 0 Å². The molecule has 0 aliphatic rings. The topological polar surface area (TPSA) is 29.3 Å². The molecule has 0 fully saturated rings. The van der Waals surface area contributed by atoms with Crippen molar-refractivity contribution in [3.8, 4) is 0 Å². The predicted molar refractivity (Wildman–Crippen MR) is 61.2 cm³/mol. The minimum absolute atomic E-state index is 0.0126. The maximum absolute atomic E-state index is 5.91. The van der Waals surface area contributed by atoms with Crippen molar-refractivity contribution in [3.63, 3.8) is 0 Å². The molecule has 14 heavy (non-hydrogen) atoms. The molecular weight excluding hydrogens is 172 g/mol. The first-order chi connectivity index (χ1) is 6.67. The van der Waals surface area contributed by atoms with Crippen LogP contribution in [-0.2, 0) is 5.54 Å². The fraction of sp³-hybridized carbons (Fsp3) is 0.500. The molecule has 0 heterocycles. The SMILES string of the molecule is CCC(CN)(c1ccccc1)N(C)C. The summed E-state index contributed by atoms with van der Waals surface area (Å²) in [7, 11) is 4.17. The van der Waals surface area contributed by atoms with Crippen molar-refractivity contribution in [2.45, 2.75) is 18.9 Å². The highest BCUT2D eigenvalue weighted by molar-refractivity contribution is 5.24. The average Bonchev–Trinajstić information content (AvgIpc) is 2.22. The van der Waals surface area contributed by atoms with Gasteiger partial charge in [0.25, 0.3) is 0 Å². The number of hydrogen-bond donors (Lipinski definition) is 1. The van der Waals surface area contributed by atoms with Gasteiger partial charge in [0.05, 0.1) is 5.54 Å². The zero-order valence-electron chi connectivity index (χ0n) is 9.33. The summed E-state index contributed by atoms with van der Waals surface area (Å²) in [6.07, 6.45) is 1.03. The summed E-state index contributed by atoms with van der Waals surface area (Å²) in [5, 5.41) is 0. The Morgan fingerprint density at radius 3 is 2.14 bits per heavy atom. The maximum Gasteiger partial charge on any atom is 0.0576 e. The van der Waals surface area contributed by atoms with Gasteiger partial charge in [-0.1, -0.05) is 37.3 Å². The van der Waals surface area contributed by atoms with Crippen LogP contribution in [0, 0.1) is 0 Å². The Hall–Kier alpha value is -0.860. The standard InChI is InChI=1S/C12H20N2/c1-4-12(10-13,14(2)3)11-8-6-5-7-9-11/h5-9H,4,10,13H2,1-3H3. The van der Waals surface area contributed by atoms with Crippen molar-refractivity contribution >= 4 is 0 Å². The molecule has 1 aromatic rings. The highest BCUT2D eigenvalue weighted by atomic mass is 15.2. The lowest BCUT2D eigenvalue weighted by molar-refractivity contribution is 0.154. The van der Waals surface area contributed by atoms with Crippen LogP contribution in [0.25, 0.3) is 0 Å². The lowest BCUT2D eigenvalue weighted by Crippen LogP contribution is -2.47. The van der Waals surface area contributed by atoms with Gasteiger partial charge < -0.3 is 5.73 Å². The number of rotatable bonds is 4. The Morgan fingerprint density at radius 2 is 1.79 bits per heavy atom. The third-order valence-corrected chi connectivity index (χ3v) is 3.09. The third kappa shape index (κ3) is 1.81. The van der Waals surface area contributed by atoms with E-state index in [1.54, 1.807) is 0 Å². The first kappa shape index (κ1) is 11.2. The van der Waals surface area contributed by atoms with Gasteiger partial charge in [-0.25, -0.2) is 0 Å². The molecule has 2 N–H and O–H groups in total. The lowest BCUT2D eigenvalue weighted by atomic mass is 9.86. The number of nitrogens with zero attached hydrogens (tertiary/aromatic N) is 1. The minimum Gasteiger partial charge on any atom is -0.328 e. The summed E-state index contributed by atoms with van der Waals surface area (Å²) < 4.78 is 0. The monoisotopic (exact) mass is 192 g/mol. The molecular formula is C12H20N2. The zero-order valence-corrected chi connectivity index (χ0v) is 9.33. The van der Waals surface area contributed by atoms with Gasteiger partial charge in [-0.2, -0.15) is 0 Å². The number of benzene rings is 1. The molecule has 78 valence electrons. The van der Waals surface area contributed by atoms with E-state index >= 15 is 0 Å². The zero-order chi connectivity index (χ0) is 10.6. The first-order valence-electron chi connectivity index (χ1n) is 5.10.